The lowest BCUT2D eigenvalue weighted by Gasteiger charge is -2.12. The highest BCUT2D eigenvalue weighted by molar-refractivity contribution is 5.35. The second-order valence-electron chi connectivity index (χ2n) is 3.62. The predicted octanol–water partition coefficient (Wildman–Crippen LogP) is 0.780. The van der Waals surface area contributed by atoms with Gasteiger partial charge in [-0.3, -0.25) is 0 Å². The fourth-order valence-corrected chi connectivity index (χ4v) is 1.27. The number of aromatic nitrogens is 4. The molecule has 5 nitrogen and oxygen atoms in total. The van der Waals surface area contributed by atoms with E-state index < -0.39 is 0 Å². The first-order valence-electron chi connectivity index (χ1n) is 4.62. The van der Waals surface area contributed by atoms with Gasteiger partial charge in [-0.25, -0.2) is 0 Å². The molecular formula is C9H13N5. The predicted molar refractivity (Wildman–Crippen MR) is 52.5 cm³/mol. The van der Waals surface area contributed by atoms with E-state index in [-0.39, 0.29) is 6.04 Å². The van der Waals surface area contributed by atoms with Crippen LogP contribution in [0.3, 0.4) is 0 Å². The first-order valence-corrected chi connectivity index (χ1v) is 4.62. The molecule has 0 saturated heterocycles. The molecule has 5 heteroatoms. The minimum Gasteiger partial charge on any atom is -0.321 e. The number of hydrogen-bond acceptors (Lipinski definition) is 4. The Bertz CT molecular complexity index is 433. The number of nitrogens with zero attached hydrogens (tertiary/aromatic N) is 4. The molecule has 1 atom stereocenters. The Balaban J connectivity index is 2.53. The molecule has 0 saturated carbocycles. The minimum absolute atomic E-state index is 0.125. The van der Waals surface area contributed by atoms with E-state index in [9.17, 15) is 0 Å². The molecule has 0 radical (unpaired) electrons. The highest BCUT2D eigenvalue weighted by atomic mass is 15.4. The van der Waals surface area contributed by atoms with Crippen molar-refractivity contribution in [1.82, 2.24) is 19.8 Å². The van der Waals surface area contributed by atoms with Gasteiger partial charge >= 0.3 is 0 Å². The SMILES string of the molecule is CC(C)C(N)c1nnc2cccnn12. The third kappa shape index (κ3) is 1.35. The molecule has 2 aromatic heterocycles. The van der Waals surface area contributed by atoms with Crippen LogP contribution >= 0.6 is 0 Å². The van der Waals surface area contributed by atoms with Crippen LogP contribution in [0.1, 0.15) is 25.7 Å². The van der Waals surface area contributed by atoms with E-state index in [0.29, 0.717) is 5.92 Å². The van der Waals surface area contributed by atoms with Crippen molar-refractivity contribution >= 4 is 5.65 Å². The smallest absolute Gasteiger partial charge is 0.177 e. The van der Waals surface area contributed by atoms with Crippen molar-refractivity contribution in [3.63, 3.8) is 0 Å². The standard InChI is InChI=1S/C9H13N5/c1-6(2)8(10)9-13-12-7-4-3-5-11-14(7)9/h3-6,8H,10H2,1-2H3. The number of fused-ring (bicyclic) bond motifs is 1. The van der Waals surface area contributed by atoms with Gasteiger partial charge in [-0.05, 0) is 18.1 Å². The Morgan fingerprint density at radius 3 is 2.86 bits per heavy atom. The molecule has 0 fully saturated rings. The molecule has 14 heavy (non-hydrogen) atoms. The van der Waals surface area contributed by atoms with Crippen LogP contribution in [0.2, 0.25) is 0 Å². The van der Waals surface area contributed by atoms with Crippen molar-refractivity contribution in [2.24, 2.45) is 11.7 Å². The van der Waals surface area contributed by atoms with Crippen molar-refractivity contribution in [2.75, 3.05) is 0 Å². The molecule has 0 amide bonds. The quantitative estimate of drug-likeness (QED) is 0.761. The first-order chi connectivity index (χ1) is 6.70. The Labute approximate surface area is 81.9 Å². The second-order valence-corrected chi connectivity index (χ2v) is 3.62. The number of hydrogen-bond donors (Lipinski definition) is 1. The molecule has 2 N–H and O–H groups in total. The van der Waals surface area contributed by atoms with Crippen LogP contribution in [0.15, 0.2) is 18.3 Å². The molecule has 0 bridgehead atoms. The lowest BCUT2D eigenvalue weighted by molar-refractivity contribution is 0.480. The van der Waals surface area contributed by atoms with Gasteiger partial charge in [0.15, 0.2) is 11.5 Å². The third-order valence-corrected chi connectivity index (χ3v) is 2.22. The fourth-order valence-electron chi connectivity index (χ4n) is 1.27. The van der Waals surface area contributed by atoms with Crippen molar-refractivity contribution < 1.29 is 0 Å². The fraction of sp³-hybridized carbons (Fsp3) is 0.444. The summed E-state index contributed by atoms with van der Waals surface area (Å²) in [5.41, 5.74) is 6.72. The van der Waals surface area contributed by atoms with Crippen molar-refractivity contribution in [2.45, 2.75) is 19.9 Å². The van der Waals surface area contributed by atoms with Gasteiger partial charge in [-0.2, -0.15) is 9.61 Å². The summed E-state index contributed by atoms with van der Waals surface area (Å²) in [6.07, 6.45) is 1.70. The molecule has 0 aliphatic rings. The molecule has 2 aromatic rings. The van der Waals surface area contributed by atoms with E-state index in [4.69, 9.17) is 5.73 Å². The zero-order valence-corrected chi connectivity index (χ0v) is 8.25. The Kier molecular flexibility index (Phi) is 2.17. The molecule has 0 aliphatic heterocycles. The highest BCUT2D eigenvalue weighted by Crippen LogP contribution is 2.16. The van der Waals surface area contributed by atoms with E-state index in [1.54, 1.807) is 10.7 Å². The average Bonchev–Trinajstić information content (AvgIpc) is 2.60. The molecule has 2 heterocycles. The topological polar surface area (TPSA) is 69.1 Å². The zero-order valence-electron chi connectivity index (χ0n) is 8.25. The van der Waals surface area contributed by atoms with Crippen molar-refractivity contribution in [3.8, 4) is 0 Å². The summed E-state index contributed by atoms with van der Waals surface area (Å²) in [5, 5.41) is 12.2. The van der Waals surface area contributed by atoms with Gasteiger partial charge in [0, 0.05) is 6.20 Å². The van der Waals surface area contributed by atoms with Crippen LogP contribution in [-0.2, 0) is 0 Å². The van der Waals surface area contributed by atoms with Crippen LogP contribution < -0.4 is 5.73 Å². The van der Waals surface area contributed by atoms with Crippen LogP contribution in [0.5, 0.6) is 0 Å². The zero-order chi connectivity index (χ0) is 10.1. The Hall–Kier alpha value is -1.49. The first kappa shape index (κ1) is 9.08. The summed E-state index contributed by atoms with van der Waals surface area (Å²) in [6.45, 7) is 4.10. The third-order valence-electron chi connectivity index (χ3n) is 2.22. The largest absolute Gasteiger partial charge is 0.321 e. The van der Waals surface area contributed by atoms with E-state index in [1.807, 2.05) is 12.1 Å². The number of nitrogens with two attached hydrogens (primary N) is 1. The van der Waals surface area contributed by atoms with Crippen molar-refractivity contribution in [3.05, 3.63) is 24.2 Å². The molecule has 0 spiro atoms. The molecule has 2 rings (SSSR count). The van der Waals surface area contributed by atoms with Crippen LogP contribution in [0, 0.1) is 5.92 Å². The van der Waals surface area contributed by atoms with Gasteiger partial charge in [-0.15, -0.1) is 10.2 Å². The molecule has 0 aliphatic carbocycles. The van der Waals surface area contributed by atoms with E-state index in [2.05, 4.69) is 29.1 Å². The molecule has 1 unspecified atom stereocenters. The monoisotopic (exact) mass is 191 g/mol. The number of rotatable bonds is 2. The van der Waals surface area contributed by atoms with E-state index >= 15 is 0 Å². The normalized spacial score (nSPS) is 13.7. The summed E-state index contributed by atoms with van der Waals surface area (Å²) in [5.74, 6) is 1.04. The molecule has 0 aromatic carbocycles. The van der Waals surface area contributed by atoms with Gasteiger partial charge in [0.2, 0.25) is 0 Å². The van der Waals surface area contributed by atoms with Crippen LogP contribution in [-0.4, -0.2) is 19.8 Å². The summed E-state index contributed by atoms with van der Waals surface area (Å²) in [4.78, 5) is 0. The maximum atomic E-state index is 5.98. The summed E-state index contributed by atoms with van der Waals surface area (Å²) in [6, 6.07) is 3.56. The summed E-state index contributed by atoms with van der Waals surface area (Å²) >= 11 is 0. The maximum Gasteiger partial charge on any atom is 0.177 e. The van der Waals surface area contributed by atoms with Crippen molar-refractivity contribution in [1.29, 1.82) is 0 Å². The maximum absolute atomic E-state index is 5.98. The summed E-state index contributed by atoms with van der Waals surface area (Å²) in [7, 11) is 0. The minimum atomic E-state index is -0.125. The van der Waals surface area contributed by atoms with E-state index in [0.717, 1.165) is 11.5 Å². The van der Waals surface area contributed by atoms with Crippen LogP contribution in [0.25, 0.3) is 5.65 Å². The molecular weight excluding hydrogens is 178 g/mol. The average molecular weight is 191 g/mol. The van der Waals surface area contributed by atoms with E-state index in [1.165, 1.54) is 0 Å². The lowest BCUT2D eigenvalue weighted by Crippen LogP contribution is -2.20. The van der Waals surface area contributed by atoms with Gasteiger partial charge < -0.3 is 5.73 Å². The second kappa shape index (κ2) is 3.34. The van der Waals surface area contributed by atoms with Gasteiger partial charge in [0.25, 0.3) is 0 Å². The summed E-state index contributed by atoms with van der Waals surface area (Å²) < 4.78 is 1.69. The Morgan fingerprint density at radius 1 is 1.36 bits per heavy atom. The van der Waals surface area contributed by atoms with Gasteiger partial charge in [0.1, 0.15) is 0 Å². The lowest BCUT2D eigenvalue weighted by atomic mass is 10.1. The highest BCUT2D eigenvalue weighted by Gasteiger charge is 2.17. The van der Waals surface area contributed by atoms with Crippen LogP contribution in [0.4, 0.5) is 0 Å². The molecule has 74 valence electrons. The Morgan fingerprint density at radius 2 is 2.14 bits per heavy atom. The van der Waals surface area contributed by atoms with Gasteiger partial charge in [0.05, 0.1) is 6.04 Å². The van der Waals surface area contributed by atoms with Gasteiger partial charge in [-0.1, -0.05) is 13.8 Å².